The van der Waals surface area contributed by atoms with Crippen LogP contribution in [0.5, 0.6) is 0 Å². The molecule has 0 saturated heterocycles. The third-order valence-electron chi connectivity index (χ3n) is 3.57. The van der Waals surface area contributed by atoms with Gasteiger partial charge < -0.3 is 15.5 Å². The van der Waals surface area contributed by atoms with E-state index in [1.165, 1.54) is 11.3 Å². The fourth-order valence-corrected chi connectivity index (χ4v) is 3.26. The SMILES string of the molecule is NC1CCC(C(=O)NCc2csc(-c3ccco3)n2)C1. The molecule has 0 aliphatic heterocycles. The number of furan rings is 1. The summed E-state index contributed by atoms with van der Waals surface area (Å²) in [5.74, 6) is 0.910. The first kappa shape index (κ1) is 13.3. The predicted octanol–water partition coefficient (Wildman–Crippen LogP) is 2.15. The first-order valence-electron chi connectivity index (χ1n) is 6.74. The van der Waals surface area contributed by atoms with Gasteiger partial charge in [0.1, 0.15) is 0 Å². The fraction of sp³-hybridized carbons (Fsp3) is 0.429. The summed E-state index contributed by atoms with van der Waals surface area (Å²) in [5.41, 5.74) is 6.69. The number of nitrogens with one attached hydrogen (secondary N) is 1. The van der Waals surface area contributed by atoms with Gasteiger partial charge in [-0.1, -0.05) is 0 Å². The maximum Gasteiger partial charge on any atom is 0.223 e. The summed E-state index contributed by atoms with van der Waals surface area (Å²) in [6.45, 7) is 0.460. The highest BCUT2D eigenvalue weighted by atomic mass is 32.1. The summed E-state index contributed by atoms with van der Waals surface area (Å²) < 4.78 is 5.30. The van der Waals surface area contributed by atoms with E-state index in [1.54, 1.807) is 6.26 Å². The Bertz CT molecular complexity index is 579. The maximum atomic E-state index is 12.0. The third kappa shape index (κ3) is 2.91. The van der Waals surface area contributed by atoms with Crippen LogP contribution in [0.2, 0.25) is 0 Å². The molecule has 1 amide bonds. The lowest BCUT2D eigenvalue weighted by Crippen LogP contribution is -2.30. The van der Waals surface area contributed by atoms with Crippen molar-refractivity contribution in [2.75, 3.05) is 0 Å². The zero-order valence-electron chi connectivity index (χ0n) is 11.0. The highest BCUT2D eigenvalue weighted by molar-refractivity contribution is 7.13. The van der Waals surface area contributed by atoms with Crippen molar-refractivity contribution < 1.29 is 9.21 Å². The first-order chi connectivity index (χ1) is 9.72. The van der Waals surface area contributed by atoms with Crippen LogP contribution in [-0.2, 0) is 11.3 Å². The molecule has 20 heavy (non-hydrogen) atoms. The second-order valence-electron chi connectivity index (χ2n) is 5.11. The van der Waals surface area contributed by atoms with Gasteiger partial charge in [0, 0.05) is 17.3 Å². The first-order valence-corrected chi connectivity index (χ1v) is 7.62. The van der Waals surface area contributed by atoms with Gasteiger partial charge in [0.05, 0.1) is 18.5 Å². The molecule has 6 heteroatoms. The van der Waals surface area contributed by atoms with Crippen LogP contribution in [0.3, 0.4) is 0 Å². The molecule has 3 N–H and O–H groups in total. The van der Waals surface area contributed by atoms with Crippen LogP contribution >= 0.6 is 11.3 Å². The van der Waals surface area contributed by atoms with Crippen LogP contribution in [0.4, 0.5) is 0 Å². The molecule has 0 bridgehead atoms. The highest BCUT2D eigenvalue weighted by Crippen LogP contribution is 2.25. The Morgan fingerprint density at radius 1 is 1.55 bits per heavy atom. The lowest BCUT2D eigenvalue weighted by atomic mass is 10.1. The molecule has 2 aromatic rings. The molecule has 1 fully saturated rings. The molecule has 106 valence electrons. The molecule has 1 saturated carbocycles. The quantitative estimate of drug-likeness (QED) is 0.904. The molecule has 5 nitrogen and oxygen atoms in total. The van der Waals surface area contributed by atoms with E-state index in [1.807, 2.05) is 17.5 Å². The van der Waals surface area contributed by atoms with E-state index < -0.39 is 0 Å². The van der Waals surface area contributed by atoms with E-state index >= 15 is 0 Å². The number of aromatic nitrogens is 1. The summed E-state index contributed by atoms with van der Waals surface area (Å²) >= 11 is 1.52. The standard InChI is InChI=1S/C14H17N3O2S/c15-10-4-3-9(6-10)13(18)16-7-11-8-20-14(17-11)12-2-1-5-19-12/h1-2,5,8-10H,3-4,6-7,15H2,(H,16,18). The number of thiazole rings is 1. The van der Waals surface area contributed by atoms with Crippen LogP contribution in [-0.4, -0.2) is 16.9 Å². The lowest BCUT2D eigenvalue weighted by Gasteiger charge is -2.09. The second kappa shape index (κ2) is 5.76. The smallest absolute Gasteiger partial charge is 0.223 e. The number of nitrogens with two attached hydrogens (primary N) is 1. The van der Waals surface area contributed by atoms with Gasteiger partial charge in [-0.15, -0.1) is 11.3 Å². The highest BCUT2D eigenvalue weighted by Gasteiger charge is 2.27. The number of nitrogens with zero attached hydrogens (tertiary/aromatic N) is 1. The van der Waals surface area contributed by atoms with Gasteiger partial charge in [-0.3, -0.25) is 4.79 Å². The van der Waals surface area contributed by atoms with Gasteiger partial charge in [0.15, 0.2) is 10.8 Å². The van der Waals surface area contributed by atoms with Crippen molar-refractivity contribution in [3.05, 3.63) is 29.5 Å². The van der Waals surface area contributed by atoms with Crippen molar-refractivity contribution in [3.8, 4) is 10.8 Å². The van der Waals surface area contributed by atoms with Gasteiger partial charge in [-0.2, -0.15) is 0 Å². The van der Waals surface area contributed by atoms with Crippen molar-refractivity contribution >= 4 is 17.2 Å². The van der Waals surface area contributed by atoms with E-state index in [-0.39, 0.29) is 17.9 Å². The molecule has 2 aromatic heterocycles. The summed E-state index contributed by atoms with van der Waals surface area (Å²) in [6, 6.07) is 3.89. The van der Waals surface area contributed by atoms with E-state index in [4.69, 9.17) is 10.2 Å². The van der Waals surface area contributed by atoms with Crippen molar-refractivity contribution in [2.24, 2.45) is 11.7 Å². The van der Waals surface area contributed by atoms with Crippen molar-refractivity contribution in [3.63, 3.8) is 0 Å². The summed E-state index contributed by atoms with van der Waals surface area (Å²) in [5, 5.41) is 5.72. The summed E-state index contributed by atoms with van der Waals surface area (Å²) in [7, 11) is 0. The monoisotopic (exact) mass is 291 g/mol. The Kier molecular flexibility index (Phi) is 3.84. The Morgan fingerprint density at radius 3 is 3.15 bits per heavy atom. The largest absolute Gasteiger partial charge is 0.462 e. The van der Waals surface area contributed by atoms with Crippen molar-refractivity contribution in [1.29, 1.82) is 0 Å². The number of rotatable bonds is 4. The molecule has 2 atom stereocenters. The molecule has 2 heterocycles. The summed E-state index contributed by atoms with van der Waals surface area (Å²) in [4.78, 5) is 16.4. The van der Waals surface area contributed by atoms with Gasteiger partial charge >= 0.3 is 0 Å². The topological polar surface area (TPSA) is 81.2 Å². The van der Waals surface area contributed by atoms with Crippen molar-refractivity contribution in [1.82, 2.24) is 10.3 Å². The number of carbonyl (C=O) groups is 1. The second-order valence-corrected chi connectivity index (χ2v) is 5.97. The van der Waals surface area contributed by atoms with Gasteiger partial charge in [0.25, 0.3) is 0 Å². The molecule has 3 rings (SSSR count). The van der Waals surface area contributed by atoms with E-state index in [0.29, 0.717) is 6.54 Å². The zero-order valence-corrected chi connectivity index (χ0v) is 11.9. The molecule has 0 aromatic carbocycles. The Balaban J connectivity index is 1.55. The minimum absolute atomic E-state index is 0.0631. The van der Waals surface area contributed by atoms with Gasteiger partial charge in [-0.05, 0) is 31.4 Å². The van der Waals surface area contributed by atoms with Gasteiger partial charge in [0.2, 0.25) is 5.91 Å². The van der Waals surface area contributed by atoms with Crippen LogP contribution in [0.15, 0.2) is 28.2 Å². The number of hydrogen-bond acceptors (Lipinski definition) is 5. The van der Waals surface area contributed by atoms with E-state index in [9.17, 15) is 4.79 Å². The molecule has 2 unspecified atom stereocenters. The Hall–Kier alpha value is -1.66. The van der Waals surface area contributed by atoms with E-state index in [2.05, 4.69) is 10.3 Å². The fourth-order valence-electron chi connectivity index (χ4n) is 2.48. The average molecular weight is 291 g/mol. The molecule has 0 spiro atoms. The maximum absolute atomic E-state index is 12.0. The molecular weight excluding hydrogens is 274 g/mol. The predicted molar refractivity (Wildman–Crippen MR) is 77.0 cm³/mol. The molecule has 1 aliphatic carbocycles. The average Bonchev–Trinajstić information content (AvgIpc) is 3.16. The zero-order chi connectivity index (χ0) is 13.9. The molecular formula is C14H17N3O2S. The molecule has 0 radical (unpaired) electrons. The van der Waals surface area contributed by atoms with E-state index in [0.717, 1.165) is 35.7 Å². The van der Waals surface area contributed by atoms with Crippen LogP contribution in [0.1, 0.15) is 25.0 Å². The Morgan fingerprint density at radius 2 is 2.45 bits per heavy atom. The van der Waals surface area contributed by atoms with Gasteiger partial charge in [-0.25, -0.2) is 4.98 Å². The third-order valence-corrected chi connectivity index (χ3v) is 4.48. The van der Waals surface area contributed by atoms with Crippen LogP contribution in [0, 0.1) is 5.92 Å². The van der Waals surface area contributed by atoms with Crippen LogP contribution < -0.4 is 11.1 Å². The summed E-state index contributed by atoms with van der Waals surface area (Å²) in [6.07, 6.45) is 4.25. The van der Waals surface area contributed by atoms with Crippen LogP contribution in [0.25, 0.3) is 10.8 Å². The number of amides is 1. The number of hydrogen-bond donors (Lipinski definition) is 2. The normalized spacial score (nSPS) is 22.1. The minimum atomic E-state index is 0.0631. The van der Waals surface area contributed by atoms with Crippen molar-refractivity contribution in [2.45, 2.75) is 31.8 Å². The minimum Gasteiger partial charge on any atom is -0.462 e. The number of carbonyl (C=O) groups excluding carboxylic acids is 1. The molecule has 1 aliphatic rings. The lowest BCUT2D eigenvalue weighted by molar-refractivity contribution is -0.125. The Labute approximate surface area is 121 Å².